The molecule has 0 saturated heterocycles. The summed E-state index contributed by atoms with van der Waals surface area (Å²) in [6.07, 6.45) is 5.34. The highest BCUT2D eigenvalue weighted by atomic mass is 16.3. The molecule has 3 nitrogen and oxygen atoms in total. The maximum absolute atomic E-state index is 9.84. The molecule has 0 atom stereocenters. The van der Waals surface area contributed by atoms with Crippen LogP contribution in [-0.4, -0.2) is 14.7 Å². The Bertz CT molecular complexity index is 516. The largest absolute Gasteiger partial charge is 0.507 e. The van der Waals surface area contributed by atoms with Crippen LogP contribution in [-0.2, 0) is 13.0 Å². The van der Waals surface area contributed by atoms with Crippen LogP contribution in [0.1, 0.15) is 18.7 Å². The zero-order valence-electron chi connectivity index (χ0n) is 9.06. The van der Waals surface area contributed by atoms with E-state index >= 15 is 0 Å². The summed E-state index contributed by atoms with van der Waals surface area (Å²) in [4.78, 5) is 4.43. The van der Waals surface area contributed by atoms with E-state index in [2.05, 4.69) is 9.55 Å². The number of aromatic nitrogens is 2. The van der Waals surface area contributed by atoms with E-state index in [4.69, 9.17) is 0 Å². The van der Waals surface area contributed by atoms with Crippen molar-refractivity contribution in [1.82, 2.24) is 9.55 Å². The van der Waals surface area contributed by atoms with Gasteiger partial charge in [0, 0.05) is 18.5 Å². The van der Waals surface area contributed by atoms with Crippen LogP contribution in [0.5, 0.6) is 5.75 Å². The van der Waals surface area contributed by atoms with Crippen molar-refractivity contribution in [3.63, 3.8) is 0 Å². The predicted molar refractivity (Wildman–Crippen MR) is 62.3 cm³/mol. The Labute approximate surface area is 94.4 Å². The molecule has 1 N–H and O–H groups in total. The molecule has 0 fully saturated rings. The van der Waals surface area contributed by atoms with Gasteiger partial charge in [0.15, 0.2) is 0 Å². The number of aromatic hydroxyl groups is 1. The molecule has 0 spiro atoms. The van der Waals surface area contributed by atoms with E-state index < -0.39 is 0 Å². The Morgan fingerprint density at radius 1 is 1.19 bits per heavy atom. The average molecular weight is 214 g/mol. The lowest BCUT2D eigenvalue weighted by molar-refractivity contribution is 0.475. The summed E-state index contributed by atoms with van der Waals surface area (Å²) in [5, 5.41) is 9.84. The summed E-state index contributed by atoms with van der Waals surface area (Å²) in [6.45, 7) is 1.01. The fourth-order valence-electron chi connectivity index (χ4n) is 2.32. The second-order valence-corrected chi connectivity index (χ2v) is 4.19. The number of para-hydroxylation sites is 1. The van der Waals surface area contributed by atoms with E-state index in [1.165, 1.54) is 12.8 Å². The molecule has 3 rings (SSSR count). The number of benzene rings is 1. The molecule has 0 bridgehead atoms. The first-order valence-electron chi connectivity index (χ1n) is 5.69. The number of hydrogen-bond donors (Lipinski definition) is 1. The van der Waals surface area contributed by atoms with Crippen molar-refractivity contribution in [3.05, 3.63) is 36.3 Å². The Balaban J connectivity index is 2.13. The molecule has 0 amide bonds. The molecular weight excluding hydrogens is 200 g/mol. The maximum atomic E-state index is 9.84. The van der Waals surface area contributed by atoms with Crippen molar-refractivity contribution in [1.29, 1.82) is 0 Å². The number of rotatable bonds is 1. The van der Waals surface area contributed by atoms with E-state index in [-0.39, 0.29) is 0 Å². The Morgan fingerprint density at radius 2 is 2.06 bits per heavy atom. The van der Waals surface area contributed by atoms with Crippen molar-refractivity contribution >= 4 is 0 Å². The number of imidazole rings is 1. The zero-order valence-corrected chi connectivity index (χ0v) is 9.06. The van der Waals surface area contributed by atoms with Crippen LogP contribution in [0.4, 0.5) is 0 Å². The van der Waals surface area contributed by atoms with Crippen LogP contribution in [0, 0.1) is 0 Å². The van der Waals surface area contributed by atoms with Gasteiger partial charge in [0.1, 0.15) is 11.6 Å². The number of hydrogen-bond acceptors (Lipinski definition) is 2. The number of aryl methyl sites for hydroxylation is 1. The van der Waals surface area contributed by atoms with Crippen LogP contribution in [0.25, 0.3) is 11.3 Å². The third-order valence-corrected chi connectivity index (χ3v) is 3.15. The van der Waals surface area contributed by atoms with E-state index in [0.717, 1.165) is 30.0 Å². The smallest absolute Gasteiger partial charge is 0.124 e. The van der Waals surface area contributed by atoms with Crippen molar-refractivity contribution < 1.29 is 5.11 Å². The van der Waals surface area contributed by atoms with Gasteiger partial charge in [-0.05, 0) is 25.0 Å². The molecule has 1 aromatic heterocycles. The van der Waals surface area contributed by atoms with Crippen molar-refractivity contribution in [2.24, 2.45) is 0 Å². The first-order valence-corrected chi connectivity index (χ1v) is 5.69. The van der Waals surface area contributed by atoms with Gasteiger partial charge in [0.25, 0.3) is 0 Å². The molecule has 16 heavy (non-hydrogen) atoms. The molecule has 0 unspecified atom stereocenters. The third kappa shape index (κ3) is 1.40. The molecule has 2 heterocycles. The Hall–Kier alpha value is -1.77. The molecule has 3 heteroatoms. The molecule has 0 aliphatic carbocycles. The van der Waals surface area contributed by atoms with E-state index in [1.54, 1.807) is 6.07 Å². The molecule has 0 saturated carbocycles. The van der Waals surface area contributed by atoms with Gasteiger partial charge in [-0.2, -0.15) is 0 Å². The summed E-state index contributed by atoms with van der Waals surface area (Å²) in [5.74, 6) is 1.47. The van der Waals surface area contributed by atoms with Crippen LogP contribution < -0.4 is 0 Å². The topological polar surface area (TPSA) is 38.1 Å². The van der Waals surface area contributed by atoms with E-state index in [9.17, 15) is 5.11 Å². The molecule has 1 aliphatic heterocycles. The maximum Gasteiger partial charge on any atom is 0.124 e. The Kier molecular flexibility index (Phi) is 2.17. The molecule has 82 valence electrons. The van der Waals surface area contributed by atoms with Gasteiger partial charge >= 0.3 is 0 Å². The van der Waals surface area contributed by atoms with Gasteiger partial charge in [-0.15, -0.1) is 0 Å². The predicted octanol–water partition coefficient (Wildman–Crippen LogP) is 2.59. The number of fused-ring (bicyclic) bond motifs is 1. The highest BCUT2D eigenvalue weighted by Gasteiger charge is 2.16. The van der Waals surface area contributed by atoms with Gasteiger partial charge in [0.2, 0.25) is 0 Å². The fraction of sp³-hybridized carbons (Fsp3) is 0.308. The van der Waals surface area contributed by atoms with Gasteiger partial charge in [0.05, 0.1) is 11.9 Å². The summed E-state index contributed by atoms with van der Waals surface area (Å²) < 4.78 is 2.22. The third-order valence-electron chi connectivity index (χ3n) is 3.15. The minimum absolute atomic E-state index is 0.329. The van der Waals surface area contributed by atoms with Gasteiger partial charge < -0.3 is 9.67 Å². The lowest BCUT2D eigenvalue weighted by Crippen LogP contribution is -2.11. The lowest BCUT2D eigenvalue weighted by Gasteiger charge is -2.16. The molecule has 2 aromatic rings. The van der Waals surface area contributed by atoms with Gasteiger partial charge in [-0.1, -0.05) is 12.1 Å². The highest BCUT2D eigenvalue weighted by Crippen LogP contribution is 2.31. The SMILES string of the molecule is Oc1ccccc1-c1cnc2n1CCCC2. The Morgan fingerprint density at radius 3 is 2.94 bits per heavy atom. The second-order valence-electron chi connectivity index (χ2n) is 4.19. The minimum atomic E-state index is 0.329. The van der Waals surface area contributed by atoms with Gasteiger partial charge in [-0.3, -0.25) is 0 Å². The summed E-state index contributed by atoms with van der Waals surface area (Å²) in [5.41, 5.74) is 1.91. The monoisotopic (exact) mass is 214 g/mol. The summed E-state index contributed by atoms with van der Waals surface area (Å²) >= 11 is 0. The minimum Gasteiger partial charge on any atom is -0.507 e. The standard InChI is InChI=1S/C13H14N2O/c16-12-6-2-1-5-10(12)11-9-14-13-7-3-4-8-15(11)13/h1-2,5-6,9,16H,3-4,7-8H2. The number of phenols is 1. The molecule has 1 aromatic carbocycles. The zero-order chi connectivity index (χ0) is 11.0. The van der Waals surface area contributed by atoms with E-state index in [0.29, 0.717) is 5.75 Å². The lowest BCUT2D eigenvalue weighted by atomic mass is 10.1. The summed E-state index contributed by atoms with van der Waals surface area (Å²) in [6, 6.07) is 7.44. The van der Waals surface area contributed by atoms with Crippen molar-refractivity contribution in [2.45, 2.75) is 25.8 Å². The highest BCUT2D eigenvalue weighted by molar-refractivity contribution is 5.66. The van der Waals surface area contributed by atoms with E-state index in [1.807, 2.05) is 24.4 Å². The van der Waals surface area contributed by atoms with Crippen LogP contribution in [0.15, 0.2) is 30.5 Å². The number of phenolic OH excluding ortho intramolecular Hbond substituents is 1. The van der Waals surface area contributed by atoms with Crippen LogP contribution in [0.2, 0.25) is 0 Å². The fourth-order valence-corrected chi connectivity index (χ4v) is 2.32. The first-order chi connectivity index (χ1) is 7.86. The van der Waals surface area contributed by atoms with Crippen LogP contribution in [0.3, 0.4) is 0 Å². The number of nitrogens with zero attached hydrogens (tertiary/aromatic N) is 2. The molecular formula is C13H14N2O. The second kappa shape index (κ2) is 3.67. The normalized spacial score (nSPS) is 14.8. The van der Waals surface area contributed by atoms with Crippen molar-refractivity contribution in [3.8, 4) is 17.0 Å². The van der Waals surface area contributed by atoms with Gasteiger partial charge in [-0.25, -0.2) is 4.98 Å². The average Bonchev–Trinajstić information content (AvgIpc) is 2.74. The summed E-state index contributed by atoms with van der Waals surface area (Å²) in [7, 11) is 0. The van der Waals surface area contributed by atoms with Crippen molar-refractivity contribution in [2.75, 3.05) is 0 Å². The van der Waals surface area contributed by atoms with Crippen LogP contribution >= 0.6 is 0 Å². The molecule has 1 aliphatic rings. The quantitative estimate of drug-likeness (QED) is 0.792. The molecule has 0 radical (unpaired) electrons. The first kappa shape index (κ1) is 9.46.